The molecular weight excluding hydrogens is 1820 g/mol. The van der Waals surface area contributed by atoms with Crippen LogP contribution in [-0.4, -0.2) is 293 Å². The molecule has 140 heavy (non-hydrogen) atoms. The van der Waals surface area contributed by atoms with Crippen LogP contribution in [-0.2, 0) is 107 Å². The molecule has 6 heterocycles. The second-order valence-electron chi connectivity index (χ2n) is 36.1. The molecule has 45 nitrogen and oxygen atoms in total. The van der Waals surface area contributed by atoms with E-state index in [4.69, 9.17) is 35.8 Å². The molecule has 12 rings (SSSR count). The Morgan fingerprint density at radius 1 is 0.693 bits per heavy atom. The summed E-state index contributed by atoms with van der Waals surface area (Å²) in [6.07, 6.45) is 1.46. The number of rotatable bonds is 47. The smallest absolute Gasteiger partial charge is 0.306 e. The SMILES string of the molecule is COc1cccc2c1C(=O)c1c(O)c3c(c(O)c1C2=O)C[C@@](O)(C(=O)COC(=O)CCCC(=O)NCCCC[C@@H](NC(=O)[C@H](Cc1ccc(O)cc1)NC(=O)[C@H](CO)NC(=O)[C@H](Cc1c[nH]c2ccccc12)NC(=O)[C@H](Cc1c[nH]cn1)NC(=O)[C@@H]1CCC(=O)N1)C(=O)N[C@@H](CC(C)C)C(=O)N[C@@H](CCCNC(=N)N)C(=O)N1CCC[C@H]1C(=O)NCC(N)=O)C[C@@H]3O[C@H]1C[C@H](N2C=CCC2)[C@H](O)[C@H](C)O1. The number of nitrogens with two attached hydrogens (primary N) is 2. The van der Waals surface area contributed by atoms with Crippen LogP contribution in [0, 0.1) is 11.3 Å². The van der Waals surface area contributed by atoms with Crippen molar-refractivity contribution in [2.75, 3.05) is 53.0 Å². The largest absolute Gasteiger partial charge is 0.508 e. The van der Waals surface area contributed by atoms with Gasteiger partial charge in [-0.25, -0.2) is 4.98 Å². The summed E-state index contributed by atoms with van der Waals surface area (Å²) < 4.78 is 23.5. The number of H-pyrrole nitrogens is 2. The van der Waals surface area contributed by atoms with Gasteiger partial charge in [0.2, 0.25) is 82.5 Å². The van der Waals surface area contributed by atoms with Gasteiger partial charge in [0.1, 0.15) is 89.1 Å². The van der Waals surface area contributed by atoms with E-state index in [2.05, 4.69) is 73.4 Å². The molecular formula is C95H121N19O26. The molecule has 2 aromatic heterocycles. The molecule has 45 heteroatoms. The Morgan fingerprint density at radius 3 is 2.04 bits per heavy atom. The van der Waals surface area contributed by atoms with Gasteiger partial charge >= 0.3 is 5.97 Å². The van der Waals surface area contributed by atoms with Gasteiger partial charge in [-0.2, -0.15) is 0 Å². The van der Waals surface area contributed by atoms with Gasteiger partial charge < -0.3 is 139 Å². The number of carbonyl (C=O) groups excluding carboxylic acids is 16. The fraction of sp³-hybridized carbons (Fsp3) is 0.495. The molecule has 0 unspecified atom stereocenters. The number of unbranched alkanes of at least 4 members (excludes halogenated alkanes) is 1. The molecule has 2 aliphatic carbocycles. The Kier molecular flexibility index (Phi) is 35.6. The fourth-order valence-corrected chi connectivity index (χ4v) is 18.3. The molecule has 6 aliphatic rings. The molecule has 4 aliphatic heterocycles. The number of phenols is 3. The Hall–Kier alpha value is -14.4. The third kappa shape index (κ3) is 26.3. The second kappa shape index (κ2) is 47.8. The van der Waals surface area contributed by atoms with Crippen molar-refractivity contribution in [3.8, 4) is 23.0 Å². The topological polar surface area (TPSA) is 691 Å². The van der Waals surface area contributed by atoms with Crippen LogP contribution in [0.2, 0.25) is 0 Å². The Morgan fingerprint density at radius 2 is 1.36 bits per heavy atom. The van der Waals surface area contributed by atoms with Crippen LogP contribution in [0.1, 0.15) is 189 Å². The molecule has 24 N–H and O–H groups in total. The van der Waals surface area contributed by atoms with E-state index in [0.29, 0.717) is 47.1 Å². The number of ketones is 3. The number of aliphatic hydroxyl groups excluding tert-OH is 2. The molecule has 0 bridgehead atoms. The minimum absolute atomic E-state index is 0.000417. The summed E-state index contributed by atoms with van der Waals surface area (Å²) in [6.45, 7) is 2.95. The lowest BCUT2D eigenvalue weighted by Gasteiger charge is -2.44. The Balaban J connectivity index is 0.738. The van der Waals surface area contributed by atoms with Crippen molar-refractivity contribution in [3.63, 3.8) is 0 Å². The summed E-state index contributed by atoms with van der Waals surface area (Å²) in [5.74, 6) is -16.4. The number of imidazole rings is 1. The maximum absolute atomic E-state index is 15.3. The number of aromatic nitrogens is 3. The zero-order valence-corrected chi connectivity index (χ0v) is 77.8. The molecule has 4 aromatic carbocycles. The number of aliphatic hydroxyl groups is 3. The normalized spacial score (nSPS) is 20.6. The molecule has 15 atom stereocenters. The summed E-state index contributed by atoms with van der Waals surface area (Å²) in [5, 5.41) is 107. The highest BCUT2D eigenvalue weighted by Gasteiger charge is 2.52. The Bertz CT molecular complexity index is 5650. The van der Waals surface area contributed by atoms with Crippen LogP contribution in [0.5, 0.6) is 23.0 Å². The molecule has 0 radical (unpaired) electrons. The minimum Gasteiger partial charge on any atom is -0.508 e. The van der Waals surface area contributed by atoms with Crippen LogP contribution in [0.15, 0.2) is 97.7 Å². The number of esters is 1. The summed E-state index contributed by atoms with van der Waals surface area (Å²) in [5.41, 5.74) is 7.94. The Labute approximate surface area is 803 Å². The number of aromatic amines is 2. The second-order valence-corrected chi connectivity index (χ2v) is 36.1. The first-order chi connectivity index (χ1) is 66.9. The van der Waals surface area contributed by atoms with Crippen LogP contribution in [0.3, 0.4) is 0 Å². The number of phenolic OH excluding ortho intramolecular Hbond substituents is 3. The predicted octanol–water partition coefficient (Wildman–Crippen LogP) is -1.53. The number of likely N-dealkylation sites (tertiary alicyclic amines) is 1. The van der Waals surface area contributed by atoms with E-state index in [9.17, 15) is 97.8 Å². The average Bonchev–Trinajstić information content (AvgIpc) is 0.771. The van der Waals surface area contributed by atoms with E-state index in [1.54, 1.807) is 51.2 Å². The van der Waals surface area contributed by atoms with E-state index in [1.807, 2.05) is 17.2 Å². The highest BCUT2D eigenvalue weighted by Crippen LogP contribution is 2.53. The lowest BCUT2D eigenvalue weighted by atomic mass is 9.72. The van der Waals surface area contributed by atoms with Crippen molar-refractivity contribution in [1.29, 1.82) is 5.41 Å². The number of Topliss-reactive ketones (excluding diaryl/α,β-unsaturated/α-hetero) is 1. The van der Waals surface area contributed by atoms with Crippen LogP contribution < -0.4 is 74.7 Å². The zero-order chi connectivity index (χ0) is 101. The van der Waals surface area contributed by atoms with Crippen molar-refractivity contribution < 1.29 is 126 Å². The number of ether oxygens (including phenoxy) is 4. The van der Waals surface area contributed by atoms with Gasteiger partial charge in [0, 0.05) is 124 Å². The third-order valence-corrected chi connectivity index (χ3v) is 25.6. The monoisotopic (exact) mass is 1940 g/mol. The van der Waals surface area contributed by atoms with Crippen molar-refractivity contribution in [2.24, 2.45) is 17.4 Å². The average molecular weight is 1950 g/mol. The number of hydrogen-bond donors (Lipinski definition) is 22. The number of amides is 12. The molecule has 12 amide bonds. The summed E-state index contributed by atoms with van der Waals surface area (Å²) >= 11 is 0. The molecule has 0 spiro atoms. The fourth-order valence-electron chi connectivity index (χ4n) is 18.3. The third-order valence-electron chi connectivity index (χ3n) is 25.6. The zero-order valence-electron chi connectivity index (χ0n) is 77.8. The van der Waals surface area contributed by atoms with Crippen LogP contribution in [0.25, 0.3) is 10.9 Å². The van der Waals surface area contributed by atoms with Crippen LogP contribution >= 0.6 is 0 Å². The number of guanidine groups is 1. The first-order valence-corrected chi connectivity index (χ1v) is 46.7. The number of nitrogens with one attached hydrogen (secondary N) is 14. The van der Waals surface area contributed by atoms with Gasteiger partial charge in [-0.15, -0.1) is 0 Å². The lowest BCUT2D eigenvalue weighted by molar-refractivity contribution is -0.256. The van der Waals surface area contributed by atoms with Crippen molar-refractivity contribution in [3.05, 3.63) is 148 Å². The first kappa shape index (κ1) is 104. The van der Waals surface area contributed by atoms with Gasteiger partial charge in [0.25, 0.3) is 0 Å². The number of carbonyl (C=O) groups is 16. The van der Waals surface area contributed by atoms with E-state index >= 15 is 9.59 Å². The summed E-state index contributed by atoms with van der Waals surface area (Å²) in [4.78, 5) is 239. The number of nitrogens with zero attached hydrogens (tertiary/aromatic N) is 3. The lowest BCUT2D eigenvalue weighted by Crippen LogP contribution is -2.61. The van der Waals surface area contributed by atoms with Gasteiger partial charge in [-0.05, 0) is 125 Å². The van der Waals surface area contributed by atoms with E-state index in [0.717, 1.165) is 0 Å². The molecule has 0 saturated carbocycles. The van der Waals surface area contributed by atoms with Crippen molar-refractivity contribution >= 4 is 111 Å². The van der Waals surface area contributed by atoms with Crippen molar-refractivity contribution in [2.45, 2.75) is 240 Å². The number of hydrogen-bond acceptors (Lipinski definition) is 29. The highest BCUT2D eigenvalue weighted by atomic mass is 16.7. The summed E-state index contributed by atoms with van der Waals surface area (Å²) in [7, 11) is 1.28. The number of para-hydroxylation sites is 1. The van der Waals surface area contributed by atoms with Gasteiger partial charge in [-0.3, -0.25) is 82.1 Å². The van der Waals surface area contributed by atoms with E-state index in [1.165, 1.54) is 67.0 Å². The van der Waals surface area contributed by atoms with Crippen LogP contribution in [0.4, 0.5) is 0 Å². The molecule has 3 fully saturated rings. The number of aromatic hydroxyl groups is 3. The maximum Gasteiger partial charge on any atom is 0.306 e. The van der Waals surface area contributed by atoms with Gasteiger partial charge in [0.05, 0.1) is 67.2 Å². The number of methoxy groups -OCH3 is 1. The maximum atomic E-state index is 15.3. The molecule has 3 saturated heterocycles. The number of benzene rings is 4. The number of fused-ring (bicyclic) bond motifs is 4. The quantitative estimate of drug-likeness (QED) is 0.00677. The van der Waals surface area contributed by atoms with E-state index < -0.39 is 247 Å². The highest BCUT2D eigenvalue weighted by molar-refractivity contribution is 6.31. The standard InChI is InChI=1S/C95H121N19O26/c1-48(2)35-61(87(129)107-60(19-13-31-101-94(97)98)93(135)114-34-14-20-66(114)92(134)103-44-71(96)118)108-85(127)58(106-88(130)62(36-50-24-26-53(116)27-25-50)109-91(133)65(45-115)112-89(131)63(37-51-42-102-57-17-6-5-15-54(51)57)110-90(132)64(38-52-43-99-47-104-52)111-86(128)59-28-29-73(120)105-59)18-7-8-30-100-72(119)22-12-23-74(121)138-46-70(117)95(136)40-56-77(69(41-95)140-75-39-67(80(122)49(3)139-75)113-32-9-10-33-113)84(126)79-78(82(56)124)81(123)55-16-11-21-68(137-4)76(55)83(79)125/h5-6,9,11,15-17,21,24-27,32,42-43,47-49,58-67,69,75,80,102,115-116,122,124,126,136H,7-8,10,12-14,18-20,22-23,28-31,33-41,44-46H2,1-4H3,(H2,96,118)(H,99,104)(H,100,119)(H,103,134)(H,105,120)(H,106,130)(H,107,129)(H,108,127)(H,109,133)(H,110,132)(H,111,128)(H,112,131)(H4,97,98,101)/t49-,58+,59-,60-,61-,62-,63-,64-,65-,66-,67-,69-,75-,80+,95-/m0/s1. The van der Waals surface area contributed by atoms with E-state index in [-0.39, 0.29) is 161 Å². The van der Waals surface area contributed by atoms with Crippen molar-refractivity contribution in [1.82, 2.24) is 83.2 Å². The van der Waals surface area contributed by atoms with Gasteiger partial charge in [0.15, 0.2) is 24.6 Å². The van der Waals surface area contributed by atoms with Gasteiger partial charge in [-0.1, -0.05) is 62.4 Å². The first-order valence-electron chi connectivity index (χ1n) is 46.7. The molecule has 6 aromatic rings. The summed E-state index contributed by atoms with van der Waals surface area (Å²) in [6, 6.07) is 2.90. The molecule has 752 valence electrons. The minimum atomic E-state index is -2.57. The predicted molar refractivity (Wildman–Crippen MR) is 496 cm³/mol. The number of primary amides is 1.